The summed E-state index contributed by atoms with van der Waals surface area (Å²) in [5.41, 5.74) is 0. The number of carbonyl (C=O) groups is 1. The van der Waals surface area contributed by atoms with Crippen molar-refractivity contribution < 1.29 is 89.4 Å². The molecule has 17 atom stereocenters. The van der Waals surface area contributed by atoms with Crippen molar-refractivity contribution in [2.45, 2.75) is 272 Å². The Labute approximate surface area is 422 Å². The van der Waals surface area contributed by atoms with Crippen LogP contribution in [0.4, 0.5) is 0 Å². The topological polar surface area (TPSA) is 307 Å². The Morgan fingerprint density at radius 3 is 1.41 bits per heavy atom. The van der Waals surface area contributed by atoms with E-state index in [2.05, 4.69) is 31.3 Å². The van der Waals surface area contributed by atoms with Gasteiger partial charge >= 0.3 is 0 Å². The smallest absolute Gasteiger partial charge is 0.220 e. The quantitative estimate of drug-likeness (QED) is 0.0313. The van der Waals surface area contributed by atoms with Gasteiger partial charge in [0, 0.05) is 6.42 Å². The number of aliphatic hydroxyl groups excluding tert-OH is 11. The zero-order chi connectivity index (χ0) is 52.0. The minimum absolute atomic E-state index is 0.239. The standard InChI is InChI=1S/C52H95NO18/c1-3-5-7-9-11-13-15-17-19-21-23-25-27-29-36(57)35(53-40(58)30-28-26-24-22-20-18-16-14-12-10-8-6-4-2)34-66-50-46(64)43(61)48(38(32-55)68-50)71-52-47(65)44(62)49(39(33-56)69-52)70-51-45(63)42(60)41(59)37(31-54)67-51/h19,21,27,29,35-39,41-52,54-57,59-65H,3-18,20,22-26,28,30-34H2,1-2H3,(H,53,58)/b21-19+,29-27+. The van der Waals surface area contributed by atoms with E-state index in [0.717, 1.165) is 38.5 Å². The zero-order valence-electron chi connectivity index (χ0n) is 42.7. The molecule has 3 rings (SSSR count). The molecule has 3 aliphatic heterocycles. The number of hydrogen-bond donors (Lipinski definition) is 12. The van der Waals surface area contributed by atoms with Crippen LogP contribution in [0.1, 0.15) is 168 Å². The van der Waals surface area contributed by atoms with Crippen molar-refractivity contribution in [2.24, 2.45) is 0 Å². The second-order valence-corrected chi connectivity index (χ2v) is 19.7. The number of aliphatic hydroxyl groups is 11. The molecule has 0 spiro atoms. The molecule has 17 unspecified atom stereocenters. The van der Waals surface area contributed by atoms with E-state index in [1.165, 1.54) is 96.3 Å². The van der Waals surface area contributed by atoms with Crippen LogP contribution in [0.2, 0.25) is 0 Å². The van der Waals surface area contributed by atoms with Gasteiger partial charge in [0.15, 0.2) is 18.9 Å². The maximum absolute atomic E-state index is 13.2. The van der Waals surface area contributed by atoms with Crippen molar-refractivity contribution in [2.75, 3.05) is 26.4 Å². The Balaban J connectivity index is 1.56. The minimum atomic E-state index is -1.98. The summed E-state index contributed by atoms with van der Waals surface area (Å²) in [6.45, 7) is 1.66. The summed E-state index contributed by atoms with van der Waals surface area (Å²) in [5, 5.41) is 120. The summed E-state index contributed by atoms with van der Waals surface area (Å²) in [4.78, 5) is 13.2. The molecule has 0 aliphatic carbocycles. The lowest BCUT2D eigenvalue weighted by Gasteiger charge is -2.48. The Morgan fingerprint density at radius 1 is 0.493 bits per heavy atom. The fourth-order valence-electron chi connectivity index (χ4n) is 9.20. The van der Waals surface area contributed by atoms with Crippen LogP contribution in [0.25, 0.3) is 0 Å². The molecule has 19 nitrogen and oxygen atoms in total. The Bertz CT molecular complexity index is 1410. The number of amides is 1. The molecule has 0 saturated carbocycles. The fourth-order valence-corrected chi connectivity index (χ4v) is 9.20. The predicted molar refractivity (Wildman–Crippen MR) is 263 cm³/mol. The van der Waals surface area contributed by atoms with Crippen LogP contribution in [0.15, 0.2) is 24.3 Å². The van der Waals surface area contributed by atoms with Gasteiger partial charge in [-0.1, -0.05) is 154 Å². The van der Waals surface area contributed by atoms with E-state index in [0.29, 0.717) is 12.8 Å². The lowest BCUT2D eigenvalue weighted by molar-refractivity contribution is -0.379. The normalized spacial score (nSPS) is 32.4. The SMILES string of the molecule is CCCCCCCCC/C=C/CC/C=C/C(O)C(COC1OC(CO)C(OC2OC(CO)C(OC3OC(CO)C(O)C(O)C3O)C(O)C2O)C(O)C1O)NC(=O)CCCCCCCCCCCCCCC. The average Bonchev–Trinajstić information content (AvgIpc) is 3.36. The maximum atomic E-state index is 13.2. The molecule has 0 aromatic heterocycles. The van der Waals surface area contributed by atoms with Crippen molar-refractivity contribution in [3.63, 3.8) is 0 Å². The van der Waals surface area contributed by atoms with Gasteiger partial charge in [-0.3, -0.25) is 4.79 Å². The fraction of sp³-hybridized carbons (Fsp3) is 0.904. The van der Waals surface area contributed by atoms with E-state index < -0.39 is 124 Å². The summed E-state index contributed by atoms with van der Waals surface area (Å²) in [6.07, 6.45) is 7.49. The third-order valence-electron chi connectivity index (χ3n) is 13.8. The molecule has 0 radical (unpaired) electrons. The molecular weight excluding hydrogens is 927 g/mol. The van der Waals surface area contributed by atoms with E-state index in [-0.39, 0.29) is 18.9 Å². The molecule has 71 heavy (non-hydrogen) atoms. The van der Waals surface area contributed by atoms with Gasteiger partial charge in [-0.05, 0) is 32.1 Å². The van der Waals surface area contributed by atoms with Gasteiger partial charge in [-0.15, -0.1) is 0 Å². The van der Waals surface area contributed by atoms with Crippen LogP contribution < -0.4 is 5.32 Å². The van der Waals surface area contributed by atoms with Crippen LogP contribution in [0, 0.1) is 0 Å². The third-order valence-corrected chi connectivity index (χ3v) is 13.8. The van der Waals surface area contributed by atoms with Gasteiger partial charge in [0.05, 0.1) is 38.6 Å². The maximum Gasteiger partial charge on any atom is 0.220 e. The first-order valence-electron chi connectivity index (χ1n) is 27.1. The molecule has 3 saturated heterocycles. The van der Waals surface area contributed by atoms with Crippen molar-refractivity contribution in [1.29, 1.82) is 0 Å². The van der Waals surface area contributed by atoms with Crippen molar-refractivity contribution in [3.05, 3.63) is 24.3 Å². The summed E-state index contributed by atoms with van der Waals surface area (Å²) in [7, 11) is 0. The monoisotopic (exact) mass is 1020 g/mol. The first kappa shape index (κ1) is 63.6. The van der Waals surface area contributed by atoms with E-state index in [9.17, 15) is 61.0 Å². The van der Waals surface area contributed by atoms with Gasteiger partial charge in [0.1, 0.15) is 73.2 Å². The molecule has 416 valence electrons. The van der Waals surface area contributed by atoms with Gasteiger partial charge in [0.2, 0.25) is 5.91 Å². The predicted octanol–water partition coefficient (Wildman–Crippen LogP) is 2.81. The second kappa shape index (κ2) is 37.1. The number of nitrogens with one attached hydrogen (secondary N) is 1. The van der Waals surface area contributed by atoms with E-state index in [1.807, 2.05) is 6.08 Å². The molecule has 0 aromatic carbocycles. The Kier molecular flexibility index (Phi) is 33.2. The van der Waals surface area contributed by atoms with Crippen molar-refractivity contribution >= 4 is 5.91 Å². The third kappa shape index (κ3) is 22.6. The van der Waals surface area contributed by atoms with Crippen LogP contribution >= 0.6 is 0 Å². The minimum Gasteiger partial charge on any atom is -0.394 e. The van der Waals surface area contributed by atoms with Crippen LogP contribution in [0.5, 0.6) is 0 Å². The number of allylic oxidation sites excluding steroid dienone is 3. The summed E-state index contributed by atoms with van der Waals surface area (Å²) in [6, 6.07) is -0.982. The number of hydrogen-bond acceptors (Lipinski definition) is 18. The highest BCUT2D eigenvalue weighted by molar-refractivity contribution is 5.76. The van der Waals surface area contributed by atoms with E-state index in [1.54, 1.807) is 6.08 Å². The van der Waals surface area contributed by atoms with E-state index in [4.69, 9.17) is 28.4 Å². The number of unbranched alkanes of at least 4 members (excludes halogenated alkanes) is 20. The number of rotatable bonds is 38. The van der Waals surface area contributed by atoms with Gasteiger partial charge in [-0.25, -0.2) is 0 Å². The van der Waals surface area contributed by atoms with Gasteiger partial charge in [0.25, 0.3) is 0 Å². The highest BCUT2D eigenvalue weighted by atomic mass is 16.8. The Hall–Kier alpha value is -1.73. The molecule has 3 aliphatic rings. The van der Waals surface area contributed by atoms with Gasteiger partial charge < -0.3 is 89.9 Å². The highest BCUT2D eigenvalue weighted by Gasteiger charge is 2.53. The van der Waals surface area contributed by atoms with Crippen LogP contribution in [-0.2, 0) is 33.2 Å². The number of ether oxygens (including phenoxy) is 6. The molecule has 12 N–H and O–H groups in total. The van der Waals surface area contributed by atoms with Crippen molar-refractivity contribution in [1.82, 2.24) is 5.32 Å². The molecule has 0 bridgehead atoms. The zero-order valence-corrected chi connectivity index (χ0v) is 42.7. The molecule has 3 fully saturated rings. The summed E-state index contributed by atoms with van der Waals surface area (Å²) < 4.78 is 34.1. The van der Waals surface area contributed by atoms with Gasteiger partial charge in [-0.2, -0.15) is 0 Å². The molecular formula is C52H95NO18. The van der Waals surface area contributed by atoms with Crippen molar-refractivity contribution in [3.8, 4) is 0 Å². The number of carbonyl (C=O) groups excluding carboxylic acids is 1. The highest BCUT2D eigenvalue weighted by Crippen LogP contribution is 2.33. The summed E-state index contributed by atoms with van der Waals surface area (Å²) >= 11 is 0. The van der Waals surface area contributed by atoms with Crippen LogP contribution in [0.3, 0.4) is 0 Å². The summed E-state index contributed by atoms with van der Waals surface area (Å²) in [5.74, 6) is -0.287. The molecule has 3 heterocycles. The lowest BCUT2D eigenvalue weighted by atomic mass is 9.96. The largest absolute Gasteiger partial charge is 0.394 e. The molecule has 19 heteroatoms. The Morgan fingerprint density at radius 2 is 0.901 bits per heavy atom. The van der Waals surface area contributed by atoms with Crippen LogP contribution in [-0.4, -0.2) is 193 Å². The second-order valence-electron chi connectivity index (χ2n) is 19.7. The van der Waals surface area contributed by atoms with E-state index >= 15 is 0 Å². The lowest BCUT2D eigenvalue weighted by Crippen LogP contribution is -2.66. The molecule has 0 aromatic rings. The molecule has 1 amide bonds. The average molecular weight is 1020 g/mol. The first-order chi connectivity index (χ1) is 34.3. The first-order valence-corrected chi connectivity index (χ1v) is 27.1.